The lowest BCUT2D eigenvalue weighted by atomic mass is 9.91. The van der Waals surface area contributed by atoms with Crippen LogP contribution in [0.1, 0.15) is 41.0 Å². The van der Waals surface area contributed by atoms with E-state index in [4.69, 9.17) is 19.1 Å². The molecular weight excluding hydrogens is 417 g/mol. The summed E-state index contributed by atoms with van der Waals surface area (Å²) in [6.07, 6.45) is 1.66. The predicted molar refractivity (Wildman–Crippen MR) is 102 cm³/mol. The summed E-state index contributed by atoms with van der Waals surface area (Å²) in [5, 5.41) is 2.37. The molecule has 0 saturated heterocycles. The van der Waals surface area contributed by atoms with Gasteiger partial charge in [0.15, 0.2) is 0 Å². The molecule has 13 heteroatoms. The maximum atomic E-state index is 11.3. The minimum Gasteiger partial charge on any atom is -0.463 e. The van der Waals surface area contributed by atoms with Crippen molar-refractivity contribution in [3.05, 3.63) is 12.7 Å². The Hall–Kier alpha value is -1.30. The highest BCUT2D eigenvalue weighted by Gasteiger charge is 2.27. The standard InChI is InChI=1S/C8H17O6P.C7H13NO4S/c1-4-8(2,3)7(9)13-5-6-14-15(10,11)12;1-4-6(9)8-7(2,3)5-13(10,11)12/h4-6H2,1-3H3,(H2,10,11,12);4H,1,5H2,2-3H3,(H,8,9)(H,10,11,12). The third kappa shape index (κ3) is 16.8. The molecule has 0 aromatic rings. The lowest BCUT2D eigenvalue weighted by Gasteiger charge is -2.23. The van der Waals surface area contributed by atoms with E-state index in [-0.39, 0.29) is 13.2 Å². The van der Waals surface area contributed by atoms with E-state index < -0.39 is 46.5 Å². The molecule has 0 spiro atoms. The first-order valence-corrected chi connectivity index (χ1v) is 11.3. The lowest BCUT2D eigenvalue weighted by Crippen LogP contribution is -2.47. The lowest BCUT2D eigenvalue weighted by molar-refractivity contribution is -0.155. The quantitative estimate of drug-likeness (QED) is 0.124. The van der Waals surface area contributed by atoms with E-state index in [2.05, 4.69) is 16.4 Å². The Morgan fingerprint density at radius 2 is 1.68 bits per heavy atom. The molecule has 0 bridgehead atoms. The summed E-state index contributed by atoms with van der Waals surface area (Å²) in [5.41, 5.74) is -1.58. The third-order valence-electron chi connectivity index (χ3n) is 3.20. The molecule has 0 saturated carbocycles. The molecule has 0 heterocycles. The van der Waals surface area contributed by atoms with Crippen molar-refractivity contribution in [2.75, 3.05) is 19.0 Å². The van der Waals surface area contributed by atoms with Gasteiger partial charge in [-0.25, -0.2) is 4.57 Å². The van der Waals surface area contributed by atoms with Crippen LogP contribution < -0.4 is 5.32 Å². The molecule has 4 N–H and O–H groups in total. The molecule has 0 fully saturated rings. The van der Waals surface area contributed by atoms with Crippen LogP contribution >= 0.6 is 7.82 Å². The predicted octanol–water partition coefficient (Wildman–Crippen LogP) is 1.03. The molecule has 0 rings (SSSR count). The summed E-state index contributed by atoms with van der Waals surface area (Å²) >= 11 is 0. The Balaban J connectivity index is 0. The number of hydrogen-bond acceptors (Lipinski definition) is 7. The van der Waals surface area contributed by atoms with Gasteiger partial charge in [0, 0.05) is 0 Å². The molecule has 1 amide bonds. The first kappa shape index (κ1) is 28.9. The second-order valence-electron chi connectivity index (χ2n) is 7.00. The van der Waals surface area contributed by atoms with Gasteiger partial charge in [-0.1, -0.05) is 13.5 Å². The molecule has 0 unspecified atom stereocenters. The maximum Gasteiger partial charge on any atom is 0.469 e. The van der Waals surface area contributed by atoms with Crippen LogP contribution in [0.5, 0.6) is 0 Å². The van der Waals surface area contributed by atoms with Crippen molar-refractivity contribution in [3.63, 3.8) is 0 Å². The van der Waals surface area contributed by atoms with Crippen LogP contribution in [0.2, 0.25) is 0 Å². The average Bonchev–Trinajstić information content (AvgIpc) is 2.47. The first-order chi connectivity index (χ1) is 12.4. The van der Waals surface area contributed by atoms with Gasteiger partial charge in [0.05, 0.1) is 23.3 Å². The minimum atomic E-state index is -4.46. The fourth-order valence-corrected chi connectivity index (χ4v) is 2.80. The Bertz CT molecular complexity index is 681. The molecule has 28 heavy (non-hydrogen) atoms. The van der Waals surface area contributed by atoms with Crippen molar-refractivity contribution in [1.29, 1.82) is 0 Å². The molecule has 0 radical (unpaired) electrons. The number of carbonyl (C=O) groups is 2. The van der Waals surface area contributed by atoms with E-state index >= 15 is 0 Å². The van der Waals surface area contributed by atoms with Crippen LogP contribution in [-0.4, -0.2) is 59.1 Å². The summed E-state index contributed by atoms with van der Waals surface area (Å²) in [6.45, 7) is 11.0. The maximum absolute atomic E-state index is 11.3. The van der Waals surface area contributed by atoms with Crippen molar-refractivity contribution >= 4 is 29.8 Å². The number of ether oxygens (including phenoxy) is 1. The van der Waals surface area contributed by atoms with Gasteiger partial charge in [-0.2, -0.15) is 8.42 Å². The van der Waals surface area contributed by atoms with Crippen LogP contribution in [0.25, 0.3) is 0 Å². The van der Waals surface area contributed by atoms with Gasteiger partial charge >= 0.3 is 13.8 Å². The van der Waals surface area contributed by atoms with Crippen LogP contribution in [0, 0.1) is 5.41 Å². The van der Waals surface area contributed by atoms with Gasteiger partial charge < -0.3 is 19.8 Å². The molecule has 0 aliphatic carbocycles. The highest BCUT2D eigenvalue weighted by molar-refractivity contribution is 7.85. The van der Waals surface area contributed by atoms with E-state index in [0.29, 0.717) is 6.42 Å². The zero-order valence-electron chi connectivity index (χ0n) is 16.7. The van der Waals surface area contributed by atoms with Crippen LogP contribution in [0.15, 0.2) is 12.7 Å². The molecule has 11 nitrogen and oxygen atoms in total. The monoisotopic (exact) mass is 447 g/mol. The van der Waals surface area contributed by atoms with Crippen molar-refractivity contribution in [1.82, 2.24) is 5.32 Å². The van der Waals surface area contributed by atoms with Crippen molar-refractivity contribution in [3.8, 4) is 0 Å². The zero-order chi connectivity index (χ0) is 22.8. The molecule has 0 aromatic heterocycles. The number of nitrogens with one attached hydrogen (secondary N) is 1. The highest BCUT2D eigenvalue weighted by Crippen LogP contribution is 2.35. The number of esters is 1. The third-order valence-corrected chi connectivity index (χ3v) is 4.81. The Morgan fingerprint density at radius 3 is 2.04 bits per heavy atom. The smallest absolute Gasteiger partial charge is 0.463 e. The number of phosphoric ester groups is 1. The van der Waals surface area contributed by atoms with Crippen molar-refractivity contribution in [2.24, 2.45) is 5.41 Å². The second kappa shape index (κ2) is 11.6. The minimum absolute atomic E-state index is 0.159. The van der Waals surface area contributed by atoms with Crippen molar-refractivity contribution < 1.29 is 46.2 Å². The van der Waals surface area contributed by atoms with Gasteiger partial charge in [-0.3, -0.25) is 18.7 Å². The van der Waals surface area contributed by atoms with E-state index in [1.54, 1.807) is 13.8 Å². The van der Waals surface area contributed by atoms with Gasteiger partial charge in [0.25, 0.3) is 10.1 Å². The first-order valence-electron chi connectivity index (χ1n) is 8.12. The molecular formula is C15H30NO10PS. The average molecular weight is 447 g/mol. The number of carbonyl (C=O) groups excluding carboxylic acids is 2. The summed E-state index contributed by atoms with van der Waals surface area (Å²) in [6, 6.07) is 0. The van der Waals surface area contributed by atoms with Gasteiger partial charge in [0.2, 0.25) is 5.91 Å². The zero-order valence-corrected chi connectivity index (χ0v) is 18.4. The summed E-state index contributed by atoms with van der Waals surface area (Å²) in [7, 11) is -8.55. The van der Waals surface area contributed by atoms with E-state index in [1.807, 2.05) is 6.92 Å². The van der Waals surface area contributed by atoms with E-state index in [0.717, 1.165) is 6.08 Å². The SMILES string of the molecule is C=CC(=O)NC(C)(C)CS(=O)(=O)O.CCC(C)(C)C(=O)OCCOP(=O)(O)O. The van der Waals surface area contributed by atoms with Crippen LogP contribution in [0.3, 0.4) is 0 Å². The Morgan fingerprint density at radius 1 is 1.18 bits per heavy atom. The summed E-state index contributed by atoms with van der Waals surface area (Å²) in [4.78, 5) is 38.8. The number of hydrogen-bond donors (Lipinski definition) is 4. The molecule has 0 atom stereocenters. The molecule has 0 aliphatic rings. The molecule has 166 valence electrons. The van der Waals surface area contributed by atoms with E-state index in [1.165, 1.54) is 13.8 Å². The van der Waals surface area contributed by atoms with Gasteiger partial charge in [-0.05, 0) is 40.2 Å². The number of rotatable bonds is 10. The molecule has 0 aliphatic heterocycles. The van der Waals surface area contributed by atoms with Gasteiger partial charge in [0.1, 0.15) is 6.61 Å². The number of amides is 1. The van der Waals surface area contributed by atoms with E-state index in [9.17, 15) is 22.6 Å². The summed E-state index contributed by atoms with van der Waals surface area (Å²) < 4.78 is 48.7. The van der Waals surface area contributed by atoms with Gasteiger partial charge in [-0.15, -0.1) is 0 Å². The summed E-state index contributed by atoms with van der Waals surface area (Å²) in [5.74, 6) is -1.41. The molecule has 0 aromatic carbocycles. The number of phosphoric acid groups is 1. The Labute approximate surface area is 165 Å². The largest absolute Gasteiger partial charge is 0.469 e. The topological polar surface area (TPSA) is 177 Å². The Kier molecular flexibility index (Phi) is 12.0. The normalized spacial score (nSPS) is 12.4. The highest BCUT2D eigenvalue weighted by atomic mass is 32.2. The van der Waals surface area contributed by atoms with Crippen LogP contribution in [-0.2, 0) is 33.5 Å². The van der Waals surface area contributed by atoms with Crippen molar-refractivity contribution in [2.45, 2.75) is 46.6 Å². The fourth-order valence-electron chi connectivity index (χ4n) is 1.51. The fraction of sp³-hybridized carbons (Fsp3) is 0.733. The second-order valence-corrected chi connectivity index (χ2v) is 9.69. The van der Waals surface area contributed by atoms with Crippen LogP contribution in [0.4, 0.5) is 0 Å².